The summed E-state index contributed by atoms with van der Waals surface area (Å²) in [6.07, 6.45) is 8.10. The molecule has 1 saturated carbocycles. The largest absolute Gasteiger partial charge is 0.370 e. The molecule has 21 heavy (non-hydrogen) atoms. The molecule has 0 aromatic carbocycles. The number of nitrogens with two attached hydrogens (primary N) is 1. The van der Waals surface area contributed by atoms with Crippen molar-refractivity contribution in [2.75, 3.05) is 13.2 Å². The van der Waals surface area contributed by atoms with Crippen LogP contribution in [0.1, 0.15) is 70.2 Å². The molecule has 1 heterocycles. The molecule has 5 heteroatoms. The third-order valence-corrected chi connectivity index (χ3v) is 4.54. The molecule has 0 radical (unpaired) electrons. The Labute approximate surface area is 127 Å². The van der Waals surface area contributed by atoms with E-state index in [2.05, 4.69) is 17.1 Å². The Morgan fingerprint density at radius 3 is 2.67 bits per heavy atom. The lowest BCUT2D eigenvalue weighted by atomic mass is 9.85. The van der Waals surface area contributed by atoms with Gasteiger partial charge in [0.2, 0.25) is 11.7 Å². The first-order valence-corrected chi connectivity index (χ1v) is 8.42. The van der Waals surface area contributed by atoms with Crippen molar-refractivity contribution in [2.45, 2.75) is 64.9 Å². The van der Waals surface area contributed by atoms with Crippen molar-refractivity contribution >= 4 is 0 Å². The number of hydrogen-bond acceptors (Lipinski definition) is 5. The van der Waals surface area contributed by atoms with Crippen molar-refractivity contribution in [1.29, 1.82) is 0 Å². The highest BCUT2D eigenvalue weighted by Crippen LogP contribution is 2.35. The van der Waals surface area contributed by atoms with Gasteiger partial charge in [-0.15, -0.1) is 0 Å². The number of rotatable bonds is 8. The molecule has 0 amide bonds. The Bertz CT molecular complexity index is 398. The van der Waals surface area contributed by atoms with Crippen molar-refractivity contribution in [1.82, 2.24) is 10.1 Å². The van der Waals surface area contributed by atoms with Crippen molar-refractivity contribution in [3.63, 3.8) is 0 Å². The van der Waals surface area contributed by atoms with Gasteiger partial charge in [0, 0.05) is 13.0 Å². The molecule has 0 aliphatic heterocycles. The molecule has 1 fully saturated rings. The van der Waals surface area contributed by atoms with Crippen LogP contribution < -0.4 is 5.73 Å². The van der Waals surface area contributed by atoms with E-state index >= 15 is 0 Å². The van der Waals surface area contributed by atoms with Gasteiger partial charge in [-0.2, -0.15) is 4.98 Å². The molecule has 5 nitrogen and oxygen atoms in total. The van der Waals surface area contributed by atoms with E-state index in [1.54, 1.807) is 0 Å². The van der Waals surface area contributed by atoms with Crippen molar-refractivity contribution in [3.05, 3.63) is 11.7 Å². The first-order valence-electron chi connectivity index (χ1n) is 8.42. The van der Waals surface area contributed by atoms with E-state index in [9.17, 15) is 0 Å². The van der Waals surface area contributed by atoms with Gasteiger partial charge in [0.25, 0.3) is 0 Å². The van der Waals surface area contributed by atoms with E-state index in [0.29, 0.717) is 30.9 Å². The van der Waals surface area contributed by atoms with E-state index in [1.807, 2.05) is 6.92 Å². The van der Waals surface area contributed by atoms with Gasteiger partial charge < -0.3 is 15.0 Å². The van der Waals surface area contributed by atoms with Crippen LogP contribution in [0, 0.1) is 11.8 Å². The second kappa shape index (κ2) is 8.49. The predicted molar refractivity (Wildman–Crippen MR) is 81.8 cm³/mol. The summed E-state index contributed by atoms with van der Waals surface area (Å²) in [5.41, 5.74) is 5.75. The number of aromatic nitrogens is 2. The van der Waals surface area contributed by atoms with Crippen LogP contribution in [0.5, 0.6) is 0 Å². The summed E-state index contributed by atoms with van der Waals surface area (Å²) in [6.45, 7) is 5.51. The van der Waals surface area contributed by atoms with Crippen LogP contribution in [0.2, 0.25) is 0 Å². The molecule has 120 valence electrons. The zero-order valence-corrected chi connectivity index (χ0v) is 13.4. The molecule has 0 saturated heterocycles. The second-order valence-electron chi connectivity index (χ2n) is 6.03. The lowest BCUT2D eigenvalue weighted by Gasteiger charge is -2.27. The highest BCUT2D eigenvalue weighted by atomic mass is 16.5. The number of nitrogens with zero attached hydrogens (tertiary/aromatic N) is 2. The van der Waals surface area contributed by atoms with Crippen molar-refractivity contribution < 1.29 is 9.26 Å². The van der Waals surface area contributed by atoms with Gasteiger partial charge >= 0.3 is 0 Å². The second-order valence-corrected chi connectivity index (χ2v) is 6.03. The van der Waals surface area contributed by atoms with Crippen molar-refractivity contribution in [2.24, 2.45) is 17.6 Å². The average Bonchev–Trinajstić information content (AvgIpc) is 2.99. The average molecular weight is 295 g/mol. The van der Waals surface area contributed by atoms with E-state index in [0.717, 1.165) is 18.7 Å². The smallest absolute Gasteiger partial charge is 0.227 e. The van der Waals surface area contributed by atoms with Crippen molar-refractivity contribution in [3.8, 4) is 0 Å². The molecule has 0 bridgehead atoms. The topological polar surface area (TPSA) is 74.2 Å². The zero-order chi connectivity index (χ0) is 15.1. The predicted octanol–water partition coefficient (Wildman–Crippen LogP) is 3.25. The maximum Gasteiger partial charge on any atom is 0.227 e. The third kappa shape index (κ3) is 4.51. The van der Waals surface area contributed by atoms with Gasteiger partial charge in [0.05, 0.1) is 0 Å². The monoisotopic (exact) mass is 295 g/mol. The molecule has 2 atom stereocenters. The molecular formula is C16H29N3O2. The minimum atomic E-state index is -0.00856. The summed E-state index contributed by atoms with van der Waals surface area (Å²) in [5.74, 6) is 2.37. The van der Waals surface area contributed by atoms with E-state index in [1.165, 1.54) is 32.1 Å². The summed E-state index contributed by atoms with van der Waals surface area (Å²) in [4.78, 5) is 4.58. The summed E-state index contributed by atoms with van der Waals surface area (Å²) >= 11 is 0. The fourth-order valence-corrected chi connectivity index (χ4v) is 3.15. The van der Waals surface area contributed by atoms with E-state index in [-0.39, 0.29) is 6.10 Å². The highest BCUT2D eigenvalue weighted by molar-refractivity contribution is 4.96. The summed E-state index contributed by atoms with van der Waals surface area (Å²) in [7, 11) is 0. The maximum atomic E-state index is 5.93. The standard InChI is InChI=1S/C16H29N3O2/c1-3-12(11-17)10-14-18-16(19-21-14)15(20-4-2)13-8-6-5-7-9-13/h12-13,15H,3-11,17H2,1-2H3. The van der Waals surface area contributed by atoms with Gasteiger partial charge in [0.15, 0.2) is 0 Å². The summed E-state index contributed by atoms with van der Waals surface area (Å²) < 4.78 is 11.3. The highest BCUT2D eigenvalue weighted by Gasteiger charge is 2.29. The molecule has 2 N–H and O–H groups in total. The van der Waals surface area contributed by atoms with Crippen LogP contribution in [-0.4, -0.2) is 23.3 Å². The van der Waals surface area contributed by atoms with Gasteiger partial charge in [0.1, 0.15) is 6.10 Å². The molecule has 2 unspecified atom stereocenters. The van der Waals surface area contributed by atoms with Crippen LogP contribution >= 0.6 is 0 Å². The van der Waals surface area contributed by atoms with Gasteiger partial charge in [-0.05, 0) is 38.1 Å². The van der Waals surface area contributed by atoms with Crippen LogP contribution in [0.3, 0.4) is 0 Å². The summed E-state index contributed by atoms with van der Waals surface area (Å²) in [5, 5.41) is 4.18. The molecule has 0 spiro atoms. The fourth-order valence-electron chi connectivity index (χ4n) is 3.15. The Balaban J connectivity index is 2.04. The van der Waals surface area contributed by atoms with Crippen LogP contribution in [-0.2, 0) is 11.2 Å². The number of ether oxygens (including phenoxy) is 1. The molecule has 1 aliphatic rings. The van der Waals surface area contributed by atoms with Gasteiger partial charge in [-0.1, -0.05) is 37.8 Å². The molecule has 1 aromatic heterocycles. The first kappa shape index (κ1) is 16.4. The van der Waals surface area contributed by atoms with Gasteiger partial charge in [-0.3, -0.25) is 0 Å². The Hall–Kier alpha value is -0.940. The zero-order valence-electron chi connectivity index (χ0n) is 13.4. The first-order chi connectivity index (χ1) is 10.3. The van der Waals surface area contributed by atoms with Gasteiger partial charge in [-0.25, -0.2) is 0 Å². The summed E-state index contributed by atoms with van der Waals surface area (Å²) in [6, 6.07) is 0. The third-order valence-electron chi connectivity index (χ3n) is 4.54. The lowest BCUT2D eigenvalue weighted by Crippen LogP contribution is -2.20. The minimum Gasteiger partial charge on any atom is -0.370 e. The normalized spacial score (nSPS) is 19.6. The van der Waals surface area contributed by atoms with Crippen LogP contribution in [0.15, 0.2) is 4.52 Å². The quantitative estimate of drug-likeness (QED) is 0.796. The van der Waals surface area contributed by atoms with Crippen LogP contribution in [0.4, 0.5) is 0 Å². The molecular weight excluding hydrogens is 266 g/mol. The fraction of sp³-hybridized carbons (Fsp3) is 0.875. The molecule has 1 aliphatic carbocycles. The number of hydrogen-bond donors (Lipinski definition) is 1. The molecule has 2 rings (SSSR count). The van der Waals surface area contributed by atoms with E-state index < -0.39 is 0 Å². The Morgan fingerprint density at radius 1 is 1.29 bits per heavy atom. The minimum absolute atomic E-state index is 0.00856. The van der Waals surface area contributed by atoms with E-state index in [4.69, 9.17) is 15.0 Å². The maximum absolute atomic E-state index is 5.93. The SMILES string of the molecule is CCOC(c1noc(CC(CC)CN)n1)C1CCCCC1. The Morgan fingerprint density at radius 2 is 2.05 bits per heavy atom. The Kier molecular flexibility index (Phi) is 6.64. The van der Waals surface area contributed by atoms with Crippen LogP contribution in [0.25, 0.3) is 0 Å². The lowest BCUT2D eigenvalue weighted by molar-refractivity contribution is -0.00145. The molecule has 1 aromatic rings.